The summed E-state index contributed by atoms with van der Waals surface area (Å²) in [4.78, 5) is 13.9. The zero-order chi connectivity index (χ0) is 14.5. The minimum atomic E-state index is -1.09. The number of hydrogen-bond acceptors (Lipinski definition) is 3. The first-order valence-corrected chi connectivity index (χ1v) is 5.87. The van der Waals surface area contributed by atoms with Crippen LogP contribution < -0.4 is 5.32 Å². The number of carboxylic acid groups (broad SMARTS) is 1. The van der Waals surface area contributed by atoms with Crippen LogP contribution in [0.5, 0.6) is 0 Å². The Labute approximate surface area is 115 Å². The molecule has 0 aliphatic rings. The van der Waals surface area contributed by atoms with E-state index in [1.54, 1.807) is 12.1 Å². The third-order valence-corrected chi connectivity index (χ3v) is 2.81. The number of carboxylic acids is 1. The van der Waals surface area contributed by atoms with E-state index in [2.05, 4.69) is 15.3 Å². The van der Waals surface area contributed by atoms with Gasteiger partial charge in [0, 0.05) is 16.3 Å². The molecule has 2 aromatic rings. The van der Waals surface area contributed by atoms with Crippen molar-refractivity contribution in [2.75, 3.05) is 5.32 Å². The van der Waals surface area contributed by atoms with E-state index < -0.39 is 5.97 Å². The number of azide groups is 1. The van der Waals surface area contributed by atoms with E-state index in [0.717, 1.165) is 11.3 Å². The summed E-state index contributed by atoms with van der Waals surface area (Å²) in [6.45, 7) is 1.93. The maximum absolute atomic E-state index is 11.3. The van der Waals surface area contributed by atoms with Gasteiger partial charge in [0.05, 0.1) is 11.3 Å². The SMILES string of the molecule is Cc1ccccc1Nc1ccc(N=[N+]=[N-])cc1C(=O)O. The number of aromatic carboxylic acids is 1. The lowest BCUT2D eigenvalue weighted by Gasteiger charge is -2.12. The van der Waals surface area contributed by atoms with Gasteiger partial charge in [0.1, 0.15) is 0 Å². The Balaban J connectivity index is 2.44. The monoisotopic (exact) mass is 268 g/mol. The van der Waals surface area contributed by atoms with Gasteiger partial charge in [0.15, 0.2) is 0 Å². The molecule has 0 aliphatic heterocycles. The average molecular weight is 268 g/mol. The zero-order valence-corrected chi connectivity index (χ0v) is 10.7. The van der Waals surface area contributed by atoms with Gasteiger partial charge < -0.3 is 10.4 Å². The minimum Gasteiger partial charge on any atom is -0.478 e. The quantitative estimate of drug-likeness (QED) is 0.489. The minimum absolute atomic E-state index is 0.0538. The van der Waals surface area contributed by atoms with Crippen LogP contribution in [0, 0.1) is 6.92 Å². The van der Waals surface area contributed by atoms with Crippen LogP contribution in [-0.4, -0.2) is 11.1 Å². The molecule has 0 aliphatic carbocycles. The van der Waals surface area contributed by atoms with Gasteiger partial charge in [-0.15, -0.1) is 0 Å². The molecule has 0 atom stereocenters. The summed E-state index contributed by atoms with van der Waals surface area (Å²) in [5.41, 5.74) is 11.0. The van der Waals surface area contributed by atoms with E-state index in [1.807, 2.05) is 31.2 Å². The summed E-state index contributed by atoms with van der Waals surface area (Å²) in [5, 5.41) is 15.7. The van der Waals surface area contributed by atoms with Crippen molar-refractivity contribution in [1.82, 2.24) is 0 Å². The molecule has 6 heteroatoms. The predicted molar refractivity (Wildman–Crippen MR) is 76.7 cm³/mol. The van der Waals surface area contributed by atoms with Crippen molar-refractivity contribution in [2.45, 2.75) is 6.92 Å². The first-order chi connectivity index (χ1) is 9.61. The molecule has 0 fully saturated rings. The van der Waals surface area contributed by atoms with Gasteiger partial charge in [-0.2, -0.15) is 0 Å². The number of carbonyl (C=O) groups is 1. The number of nitrogens with zero attached hydrogens (tertiary/aromatic N) is 3. The van der Waals surface area contributed by atoms with Crippen LogP contribution in [0.15, 0.2) is 47.6 Å². The highest BCUT2D eigenvalue weighted by atomic mass is 16.4. The fourth-order valence-electron chi connectivity index (χ4n) is 1.79. The van der Waals surface area contributed by atoms with Crippen LogP contribution in [0.1, 0.15) is 15.9 Å². The van der Waals surface area contributed by atoms with Crippen molar-refractivity contribution >= 4 is 23.0 Å². The van der Waals surface area contributed by atoms with E-state index in [4.69, 9.17) is 5.53 Å². The molecule has 2 aromatic carbocycles. The molecule has 0 unspecified atom stereocenters. The molecule has 0 radical (unpaired) electrons. The van der Waals surface area contributed by atoms with Crippen molar-refractivity contribution < 1.29 is 9.90 Å². The maximum atomic E-state index is 11.3. The lowest BCUT2D eigenvalue weighted by atomic mass is 10.1. The van der Waals surface area contributed by atoms with Crippen molar-refractivity contribution in [2.24, 2.45) is 5.11 Å². The second-order valence-electron chi connectivity index (χ2n) is 4.16. The van der Waals surface area contributed by atoms with Crippen LogP contribution in [0.4, 0.5) is 17.1 Å². The van der Waals surface area contributed by atoms with Gasteiger partial charge in [-0.3, -0.25) is 0 Å². The molecule has 0 amide bonds. The van der Waals surface area contributed by atoms with E-state index in [0.29, 0.717) is 5.69 Å². The molecule has 0 bridgehead atoms. The molecular formula is C14H12N4O2. The van der Waals surface area contributed by atoms with Crippen LogP contribution in [0.3, 0.4) is 0 Å². The van der Waals surface area contributed by atoms with Gasteiger partial charge >= 0.3 is 5.97 Å². The molecule has 0 saturated carbocycles. The number of nitrogens with one attached hydrogen (secondary N) is 1. The fourth-order valence-corrected chi connectivity index (χ4v) is 1.79. The number of hydrogen-bond donors (Lipinski definition) is 2. The number of para-hydroxylation sites is 1. The number of aryl methyl sites for hydroxylation is 1. The fraction of sp³-hybridized carbons (Fsp3) is 0.0714. The van der Waals surface area contributed by atoms with Gasteiger partial charge in [-0.1, -0.05) is 29.4 Å². The molecule has 2 N–H and O–H groups in total. The maximum Gasteiger partial charge on any atom is 0.337 e. The van der Waals surface area contributed by atoms with Crippen LogP contribution in [0.25, 0.3) is 10.4 Å². The lowest BCUT2D eigenvalue weighted by Crippen LogP contribution is -2.03. The first-order valence-electron chi connectivity index (χ1n) is 5.87. The summed E-state index contributed by atoms with van der Waals surface area (Å²) in [7, 11) is 0. The van der Waals surface area contributed by atoms with Crippen LogP contribution >= 0.6 is 0 Å². The van der Waals surface area contributed by atoms with E-state index in [9.17, 15) is 9.90 Å². The van der Waals surface area contributed by atoms with Gasteiger partial charge in [0.25, 0.3) is 0 Å². The molecular weight excluding hydrogens is 256 g/mol. The molecule has 2 rings (SSSR count). The summed E-state index contributed by atoms with van der Waals surface area (Å²) in [5.74, 6) is -1.09. The van der Waals surface area contributed by atoms with Crippen LogP contribution in [-0.2, 0) is 0 Å². The molecule has 0 heterocycles. The summed E-state index contributed by atoms with van der Waals surface area (Å²) in [6, 6.07) is 12.0. The highest BCUT2D eigenvalue weighted by Crippen LogP contribution is 2.27. The Morgan fingerprint density at radius 3 is 2.65 bits per heavy atom. The van der Waals surface area contributed by atoms with Crippen molar-refractivity contribution in [3.8, 4) is 0 Å². The zero-order valence-electron chi connectivity index (χ0n) is 10.7. The largest absolute Gasteiger partial charge is 0.478 e. The Morgan fingerprint density at radius 2 is 2.00 bits per heavy atom. The average Bonchev–Trinajstić information content (AvgIpc) is 2.43. The molecule has 100 valence electrons. The topological polar surface area (TPSA) is 98.1 Å². The number of rotatable bonds is 4. The van der Waals surface area contributed by atoms with E-state index in [1.165, 1.54) is 6.07 Å². The van der Waals surface area contributed by atoms with E-state index in [-0.39, 0.29) is 11.3 Å². The van der Waals surface area contributed by atoms with Crippen molar-refractivity contribution in [1.29, 1.82) is 0 Å². The Morgan fingerprint density at radius 1 is 1.25 bits per heavy atom. The predicted octanol–water partition coefficient (Wildman–Crippen LogP) is 4.38. The van der Waals surface area contributed by atoms with Crippen molar-refractivity contribution in [3.63, 3.8) is 0 Å². The normalized spacial score (nSPS) is 9.65. The number of benzene rings is 2. The molecule has 0 saturated heterocycles. The van der Waals surface area contributed by atoms with Crippen LogP contribution in [0.2, 0.25) is 0 Å². The molecule has 20 heavy (non-hydrogen) atoms. The van der Waals surface area contributed by atoms with E-state index >= 15 is 0 Å². The molecule has 0 spiro atoms. The highest BCUT2D eigenvalue weighted by molar-refractivity contribution is 5.96. The first kappa shape index (κ1) is 13.5. The number of anilines is 2. The third-order valence-electron chi connectivity index (χ3n) is 2.81. The Hall–Kier alpha value is -2.98. The van der Waals surface area contributed by atoms with Gasteiger partial charge in [0.2, 0.25) is 0 Å². The standard InChI is InChI=1S/C14H12N4O2/c1-9-4-2-3-5-12(9)16-13-7-6-10(17-18-15)8-11(13)14(19)20/h2-8,16H,1H3,(H,19,20). The summed E-state index contributed by atoms with van der Waals surface area (Å²) < 4.78 is 0. The highest BCUT2D eigenvalue weighted by Gasteiger charge is 2.11. The summed E-state index contributed by atoms with van der Waals surface area (Å²) in [6.07, 6.45) is 0. The second-order valence-corrected chi connectivity index (χ2v) is 4.16. The Kier molecular flexibility index (Phi) is 3.88. The summed E-state index contributed by atoms with van der Waals surface area (Å²) >= 11 is 0. The Bertz CT molecular complexity index is 706. The smallest absolute Gasteiger partial charge is 0.337 e. The molecule has 6 nitrogen and oxygen atoms in total. The van der Waals surface area contributed by atoms with Crippen molar-refractivity contribution in [3.05, 3.63) is 64.0 Å². The third kappa shape index (κ3) is 2.88. The second kappa shape index (κ2) is 5.77. The molecule has 0 aromatic heterocycles. The van der Waals surface area contributed by atoms with Gasteiger partial charge in [-0.05, 0) is 36.2 Å². The van der Waals surface area contributed by atoms with Gasteiger partial charge in [-0.25, -0.2) is 4.79 Å². The lowest BCUT2D eigenvalue weighted by molar-refractivity contribution is 0.0698.